The zero-order chi connectivity index (χ0) is 20.9. The first-order valence-corrected chi connectivity index (χ1v) is 11.3. The number of benzene rings is 1. The second-order valence-corrected chi connectivity index (χ2v) is 9.93. The number of nitrogens with one attached hydrogen (secondary N) is 1. The van der Waals surface area contributed by atoms with E-state index in [1.54, 1.807) is 30.0 Å². The lowest BCUT2D eigenvalue weighted by Gasteiger charge is -2.57. The van der Waals surface area contributed by atoms with Gasteiger partial charge in [-0.05, 0) is 87.8 Å². The maximum Gasteiger partial charge on any atom is 0.338 e. The summed E-state index contributed by atoms with van der Waals surface area (Å²) in [6.45, 7) is 2.31. The highest BCUT2D eigenvalue weighted by atomic mass is 16.5. The van der Waals surface area contributed by atoms with E-state index in [4.69, 9.17) is 4.74 Å². The Balaban J connectivity index is 1.22. The average Bonchev–Trinajstić information content (AvgIpc) is 3.12. The van der Waals surface area contributed by atoms with Gasteiger partial charge in [-0.2, -0.15) is 0 Å². The standard InChI is InChI=1S/C24H30N2O4/c1-15(22(28)25-24-12-16-8-17(13-24)10-18(9-16)14-24)30-23(29)19-4-2-5-20(11-19)26-7-3-6-21(26)27/h2,4-5,11,15-18H,3,6-10,12-14H2,1H3,(H,25,28)/t15-,16?,17?,18?,24?/m1/s1. The molecule has 4 aliphatic carbocycles. The number of esters is 1. The lowest BCUT2D eigenvalue weighted by Crippen LogP contribution is -2.61. The fraction of sp³-hybridized carbons (Fsp3) is 0.625. The van der Waals surface area contributed by atoms with Crippen molar-refractivity contribution in [1.82, 2.24) is 5.32 Å². The second-order valence-electron chi connectivity index (χ2n) is 9.93. The Labute approximate surface area is 177 Å². The van der Waals surface area contributed by atoms with E-state index >= 15 is 0 Å². The molecule has 1 aromatic carbocycles. The highest BCUT2D eigenvalue weighted by Gasteiger charge is 2.51. The van der Waals surface area contributed by atoms with Crippen LogP contribution in [0.15, 0.2) is 24.3 Å². The summed E-state index contributed by atoms with van der Waals surface area (Å²) >= 11 is 0. The number of rotatable bonds is 5. The smallest absolute Gasteiger partial charge is 0.338 e. The van der Waals surface area contributed by atoms with Crippen LogP contribution < -0.4 is 10.2 Å². The van der Waals surface area contributed by atoms with Crippen LogP contribution in [0.4, 0.5) is 5.69 Å². The topological polar surface area (TPSA) is 75.7 Å². The molecular formula is C24H30N2O4. The van der Waals surface area contributed by atoms with E-state index < -0.39 is 12.1 Å². The first kappa shape index (κ1) is 19.6. The lowest BCUT2D eigenvalue weighted by molar-refractivity contribution is -0.134. The van der Waals surface area contributed by atoms with Crippen molar-refractivity contribution in [2.24, 2.45) is 17.8 Å². The Hall–Kier alpha value is -2.37. The molecule has 0 unspecified atom stereocenters. The van der Waals surface area contributed by atoms with Gasteiger partial charge >= 0.3 is 5.97 Å². The monoisotopic (exact) mass is 410 g/mol. The Kier molecular flexibility index (Phi) is 4.83. The number of carbonyl (C=O) groups is 3. The molecule has 6 nitrogen and oxygen atoms in total. The van der Waals surface area contributed by atoms with Crippen molar-refractivity contribution >= 4 is 23.5 Å². The van der Waals surface area contributed by atoms with Crippen molar-refractivity contribution in [2.75, 3.05) is 11.4 Å². The molecule has 1 atom stereocenters. The summed E-state index contributed by atoms with van der Waals surface area (Å²) in [5.74, 6) is 1.57. The third-order valence-corrected chi connectivity index (χ3v) is 7.55. The Morgan fingerprint density at radius 1 is 1.13 bits per heavy atom. The molecule has 6 rings (SSSR count). The van der Waals surface area contributed by atoms with Crippen LogP contribution in [0.25, 0.3) is 0 Å². The quantitative estimate of drug-likeness (QED) is 0.755. The van der Waals surface area contributed by atoms with Gasteiger partial charge < -0.3 is 15.0 Å². The molecular weight excluding hydrogens is 380 g/mol. The van der Waals surface area contributed by atoms with Gasteiger partial charge in [0.2, 0.25) is 5.91 Å². The number of amides is 2. The zero-order valence-electron chi connectivity index (χ0n) is 17.6. The summed E-state index contributed by atoms with van der Waals surface area (Å²) in [7, 11) is 0. The van der Waals surface area contributed by atoms with Gasteiger partial charge in [0.1, 0.15) is 0 Å². The van der Waals surface area contributed by atoms with Crippen LogP contribution in [0.3, 0.4) is 0 Å². The van der Waals surface area contributed by atoms with Crippen LogP contribution in [0.2, 0.25) is 0 Å². The first-order chi connectivity index (χ1) is 14.4. The number of nitrogens with zero attached hydrogens (tertiary/aromatic N) is 1. The Morgan fingerprint density at radius 2 is 1.80 bits per heavy atom. The van der Waals surface area contributed by atoms with Gasteiger partial charge in [-0.15, -0.1) is 0 Å². The molecule has 1 saturated heterocycles. The van der Waals surface area contributed by atoms with Crippen LogP contribution in [-0.4, -0.2) is 36.0 Å². The minimum Gasteiger partial charge on any atom is -0.449 e. The van der Waals surface area contributed by atoms with E-state index in [9.17, 15) is 14.4 Å². The van der Waals surface area contributed by atoms with Crippen molar-refractivity contribution in [3.8, 4) is 0 Å². The minimum absolute atomic E-state index is 0.0730. The van der Waals surface area contributed by atoms with Crippen LogP contribution >= 0.6 is 0 Å². The van der Waals surface area contributed by atoms with Gasteiger partial charge in [-0.3, -0.25) is 9.59 Å². The summed E-state index contributed by atoms with van der Waals surface area (Å²) in [5, 5.41) is 3.27. The normalized spacial score (nSPS) is 32.9. The highest BCUT2D eigenvalue weighted by molar-refractivity contribution is 5.98. The molecule has 0 spiro atoms. The lowest BCUT2D eigenvalue weighted by atomic mass is 9.53. The predicted molar refractivity (Wildman–Crippen MR) is 112 cm³/mol. The summed E-state index contributed by atoms with van der Waals surface area (Å²) < 4.78 is 5.50. The summed E-state index contributed by atoms with van der Waals surface area (Å²) in [6, 6.07) is 6.91. The Bertz CT molecular complexity index is 844. The van der Waals surface area contributed by atoms with Gasteiger partial charge in [0.25, 0.3) is 5.91 Å². The van der Waals surface area contributed by atoms with Crippen molar-refractivity contribution in [3.63, 3.8) is 0 Å². The van der Waals surface area contributed by atoms with Gasteiger partial charge in [0, 0.05) is 24.2 Å². The van der Waals surface area contributed by atoms with Crippen LogP contribution in [-0.2, 0) is 14.3 Å². The zero-order valence-corrected chi connectivity index (χ0v) is 17.6. The van der Waals surface area contributed by atoms with Gasteiger partial charge in [-0.25, -0.2) is 4.79 Å². The molecule has 2 amide bonds. The van der Waals surface area contributed by atoms with Gasteiger partial charge in [0.15, 0.2) is 6.10 Å². The van der Waals surface area contributed by atoms with Gasteiger partial charge in [0.05, 0.1) is 5.56 Å². The fourth-order valence-corrected chi connectivity index (χ4v) is 6.63. The number of hydrogen-bond acceptors (Lipinski definition) is 4. The van der Waals surface area contributed by atoms with Crippen molar-refractivity contribution in [3.05, 3.63) is 29.8 Å². The van der Waals surface area contributed by atoms with E-state index in [0.717, 1.165) is 43.4 Å². The maximum atomic E-state index is 12.9. The maximum absolute atomic E-state index is 12.9. The molecule has 0 aromatic heterocycles. The number of anilines is 1. The van der Waals surface area contributed by atoms with E-state index in [0.29, 0.717) is 24.2 Å². The van der Waals surface area contributed by atoms with Crippen molar-refractivity contribution < 1.29 is 19.1 Å². The number of ether oxygens (including phenoxy) is 1. The van der Waals surface area contributed by atoms with E-state index in [1.807, 2.05) is 6.07 Å². The average molecular weight is 411 g/mol. The third-order valence-electron chi connectivity index (χ3n) is 7.55. The van der Waals surface area contributed by atoms with Crippen molar-refractivity contribution in [1.29, 1.82) is 0 Å². The molecule has 5 fully saturated rings. The van der Waals surface area contributed by atoms with Crippen LogP contribution in [0, 0.1) is 17.8 Å². The molecule has 5 aliphatic rings. The van der Waals surface area contributed by atoms with Crippen LogP contribution in [0.5, 0.6) is 0 Å². The predicted octanol–water partition coefficient (Wildman–Crippen LogP) is 3.44. The summed E-state index contributed by atoms with van der Waals surface area (Å²) in [4.78, 5) is 39.2. The molecule has 4 saturated carbocycles. The molecule has 160 valence electrons. The highest BCUT2D eigenvalue weighted by Crippen LogP contribution is 2.55. The van der Waals surface area contributed by atoms with E-state index in [-0.39, 0.29) is 17.4 Å². The van der Waals surface area contributed by atoms with Crippen molar-refractivity contribution in [2.45, 2.75) is 69.9 Å². The first-order valence-electron chi connectivity index (χ1n) is 11.3. The second kappa shape index (κ2) is 7.40. The van der Waals surface area contributed by atoms with Crippen LogP contribution in [0.1, 0.15) is 68.6 Å². The Morgan fingerprint density at radius 3 is 2.40 bits per heavy atom. The molecule has 1 N–H and O–H groups in total. The molecule has 30 heavy (non-hydrogen) atoms. The largest absolute Gasteiger partial charge is 0.449 e. The molecule has 1 heterocycles. The molecule has 4 bridgehead atoms. The summed E-state index contributed by atoms with van der Waals surface area (Å²) in [5.41, 5.74) is 0.974. The number of hydrogen-bond donors (Lipinski definition) is 1. The minimum atomic E-state index is -0.845. The fourth-order valence-electron chi connectivity index (χ4n) is 6.63. The van der Waals surface area contributed by atoms with E-state index in [1.165, 1.54) is 19.3 Å². The molecule has 1 aromatic rings. The molecule has 6 heteroatoms. The summed E-state index contributed by atoms with van der Waals surface area (Å²) in [6.07, 6.45) is 7.67. The van der Waals surface area contributed by atoms with E-state index in [2.05, 4.69) is 5.32 Å². The van der Waals surface area contributed by atoms with Gasteiger partial charge in [-0.1, -0.05) is 6.07 Å². The molecule has 0 radical (unpaired) electrons. The SMILES string of the molecule is C[C@@H](OC(=O)c1cccc(N2CCCC2=O)c1)C(=O)NC12CC3CC(CC(C3)C1)C2. The number of carbonyl (C=O) groups excluding carboxylic acids is 3. The third kappa shape index (κ3) is 3.61. The molecule has 1 aliphatic heterocycles.